The van der Waals surface area contributed by atoms with Crippen molar-refractivity contribution in [1.29, 1.82) is 0 Å². The summed E-state index contributed by atoms with van der Waals surface area (Å²) in [5.74, 6) is -0.439. The van der Waals surface area contributed by atoms with E-state index in [2.05, 4.69) is 10.4 Å². The number of rotatable bonds is 5. The minimum absolute atomic E-state index is 0.0838. The standard InChI is InChI=1S/C18H18Cl2N4O3/c1-3-7-23-17(26)15(21-18(23)27)9-11-14(4-2)22-24(16(11)25)10-5-6-12(19)13(20)8-10/h5-6,8-9,22H,3-4,7H2,1-2H3,(H,21,27)/b15-9-. The SMILES string of the molecule is CCCN1C(=O)N/C(=C\c2c(CC)[nH]n(-c3ccc(Cl)c(Cl)c3)c2=O)C1=O. The van der Waals surface area contributed by atoms with Crippen LogP contribution >= 0.6 is 23.2 Å². The monoisotopic (exact) mass is 408 g/mol. The number of aromatic nitrogens is 2. The van der Waals surface area contributed by atoms with Gasteiger partial charge in [0.2, 0.25) is 0 Å². The van der Waals surface area contributed by atoms with Crippen LogP contribution in [0, 0.1) is 0 Å². The molecule has 1 saturated heterocycles. The highest BCUT2D eigenvalue weighted by molar-refractivity contribution is 6.42. The fourth-order valence-electron chi connectivity index (χ4n) is 2.86. The molecule has 2 N–H and O–H groups in total. The Morgan fingerprint density at radius 3 is 2.48 bits per heavy atom. The smallest absolute Gasteiger partial charge is 0.303 e. The highest BCUT2D eigenvalue weighted by Gasteiger charge is 2.33. The Morgan fingerprint density at radius 1 is 1.11 bits per heavy atom. The second-order valence-electron chi connectivity index (χ2n) is 6.04. The summed E-state index contributed by atoms with van der Waals surface area (Å²) in [4.78, 5) is 38.4. The summed E-state index contributed by atoms with van der Waals surface area (Å²) in [7, 11) is 0. The van der Waals surface area contributed by atoms with Crippen LogP contribution in [-0.4, -0.2) is 33.2 Å². The molecule has 0 bridgehead atoms. The Balaban J connectivity index is 2.06. The first kappa shape index (κ1) is 19.3. The van der Waals surface area contributed by atoms with Gasteiger partial charge in [0.15, 0.2) is 0 Å². The molecule has 0 saturated carbocycles. The molecule has 0 atom stereocenters. The lowest BCUT2D eigenvalue weighted by Gasteiger charge is -2.08. The van der Waals surface area contributed by atoms with Crippen LogP contribution in [0.4, 0.5) is 4.79 Å². The second-order valence-corrected chi connectivity index (χ2v) is 6.86. The van der Waals surface area contributed by atoms with Gasteiger partial charge in [0, 0.05) is 12.2 Å². The maximum absolute atomic E-state index is 12.9. The molecule has 0 aliphatic carbocycles. The lowest BCUT2D eigenvalue weighted by atomic mass is 10.1. The number of aryl methyl sites for hydroxylation is 1. The molecule has 1 fully saturated rings. The number of hydrogen-bond donors (Lipinski definition) is 2. The molecule has 27 heavy (non-hydrogen) atoms. The predicted octanol–water partition coefficient (Wildman–Crippen LogP) is 3.34. The first-order valence-corrected chi connectivity index (χ1v) is 9.26. The molecular weight excluding hydrogens is 391 g/mol. The number of amides is 3. The Labute approximate surface area is 165 Å². The van der Waals surface area contributed by atoms with Gasteiger partial charge in [-0.25, -0.2) is 9.48 Å². The average Bonchev–Trinajstić information content (AvgIpc) is 3.09. The highest BCUT2D eigenvalue weighted by atomic mass is 35.5. The summed E-state index contributed by atoms with van der Waals surface area (Å²) in [6.07, 6.45) is 2.60. The van der Waals surface area contributed by atoms with Crippen molar-refractivity contribution in [3.63, 3.8) is 0 Å². The molecule has 0 radical (unpaired) electrons. The van der Waals surface area contributed by atoms with E-state index in [1.807, 2.05) is 13.8 Å². The van der Waals surface area contributed by atoms with Crippen molar-refractivity contribution in [3.8, 4) is 5.69 Å². The van der Waals surface area contributed by atoms with E-state index in [-0.39, 0.29) is 11.3 Å². The van der Waals surface area contributed by atoms with Crippen molar-refractivity contribution in [3.05, 3.63) is 55.6 Å². The first-order valence-electron chi connectivity index (χ1n) is 8.51. The van der Waals surface area contributed by atoms with Gasteiger partial charge in [-0.1, -0.05) is 37.0 Å². The van der Waals surface area contributed by atoms with Crippen LogP contribution in [0.2, 0.25) is 10.0 Å². The molecule has 1 aromatic heterocycles. The van der Waals surface area contributed by atoms with E-state index in [9.17, 15) is 14.4 Å². The van der Waals surface area contributed by atoms with Gasteiger partial charge in [-0.15, -0.1) is 0 Å². The van der Waals surface area contributed by atoms with Crippen LogP contribution in [0.25, 0.3) is 11.8 Å². The molecule has 1 aromatic carbocycles. The van der Waals surface area contributed by atoms with Crippen molar-refractivity contribution >= 4 is 41.2 Å². The normalized spacial score (nSPS) is 15.7. The van der Waals surface area contributed by atoms with Crippen LogP contribution in [0.5, 0.6) is 0 Å². The molecule has 0 spiro atoms. The van der Waals surface area contributed by atoms with E-state index in [0.717, 1.165) is 4.90 Å². The largest absolute Gasteiger partial charge is 0.329 e. The fraction of sp³-hybridized carbons (Fsp3) is 0.278. The predicted molar refractivity (Wildman–Crippen MR) is 104 cm³/mol. The number of nitrogens with zero attached hydrogens (tertiary/aromatic N) is 2. The molecule has 2 aromatic rings. The van der Waals surface area contributed by atoms with Crippen LogP contribution in [0.15, 0.2) is 28.7 Å². The van der Waals surface area contributed by atoms with Crippen LogP contribution in [0.1, 0.15) is 31.5 Å². The number of hydrogen-bond acceptors (Lipinski definition) is 3. The molecule has 1 aliphatic heterocycles. The van der Waals surface area contributed by atoms with E-state index < -0.39 is 11.9 Å². The quantitative estimate of drug-likeness (QED) is 0.587. The number of urea groups is 1. The minimum Gasteiger partial charge on any atom is -0.303 e. The van der Waals surface area contributed by atoms with Gasteiger partial charge < -0.3 is 5.32 Å². The van der Waals surface area contributed by atoms with Crippen molar-refractivity contribution < 1.29 is 9.59 Å². The van der Waals surface area contributed by atoms with Gasteiger partial charge in [-0.3, -0.25) is 19.6 Å². The molecule has 3 rings (SSSR count). The Kier molecular flexibility index (Phi) is 5.43. The van der Waals surface area contributed by atoms with Crippen molar-refractivity contribution in [2.24, 2.45) is 0 Å². The summed E-state index contributed by atoms with van der Waals surface area (Å²) >= 11 is 12.0. The maximum atomic E-state index is 12.9. The highest BCUT2D eigenvalue weighted by Crippen LogP contribution is 2.24. The lowest BCUT2D eigenvalue weighted by molar-refractivity contribution is -0.122. The first-order chi connectivity index (χ1) is 12.9. The number of carbonyl (C=O) groups excluding carboxylic acids is 2. The van der Waals surface area contributed by atoms with Crippen LogP contribution in [0.3, 0.4) is 0 Å². The number of imide groups is 1. The molecule has 1 aliphatic rings. The number of H-pyrrole nitrogens is 1. The minimum atomic E-state index is -0.480. The number of nitrogens with one attached hydrogen (secondary N) is 2. The average molecular weight is 409 g/mol. The van der Waals surface area contributed by atoms with E-state index in [1.54, 1.807) is 18.2 Å². The summed E-state index contributed by atoms with van der Waals surface area (Å²) < 4.78 is 1.33. The molecule has 9 heteroatoms. The topological polar surface area (TPSA) is 87.2 Å². The molecule has 3 amide bonds. The molecule has 7 nitrogen and oxygen atoms in total. The summed E-state index contributed by atoms with van der Waals surface area (Å²) in [5, 5.41) is 6.25. The number of halogens is 2. The third kappa shape index (κ3) is 3.52. The zero-order chi connectivity index (χ0) is 19.7. The fourth-order valence-corrected chi connectivity index (χ4v) is 3.15. The van der Waals surface area contributed by atoms with Gasteiger partial charge in [0.05, 0.1) is 21.3 Å². The van der Waals surface area contributed by atoms with Gasteiger partial charge in [0.25, 0.3) is 11.5 Å². The zero-order valence-electron chi connectivity index (χ0n) is 14.8. The zero-order valence-corrected chi connectivity index (χ0v) is 16.3. The van der Waals surface area contributed by atoms with Gasteiger partial charge in [-0.2, -0.15) is 0 Å². The van der Waals surface area contributed by atoms with E-state index in [4.69, 9.17) is 23.2 Å². The third-order valence-electron chi connectivity index (χ3n) is 4.22. The van der Waals surface area contributed by atoms with Gasteiger partial charge in [-0.05, 0) is 37.1 Å². The Hall–Kier alpha value is -2.51. The second kappa shape index (κ2) is 7.62. The van der Waals surface area contributed by atoms with Gasteiger partial charge >= 0.3 is 6.03 Å². The Bertz CT molecular complexity index is 1010. The van der Waals surface area contributed by atoms with Crippen LogP contribution < -0.4 is 10.9 Å². The number of carbonyl (C=O) groups is 2. The molecule has 142 valence electrons. The van der Waals surface area contributed by atoms with E-state index in [1.165, 1.54) is 10.8 Å². The molecular formula is C18H18Cl2N4O3. The Morgan fingerprint density at radius 2 is 1.85 bits per heavy atom. The molecule has 0 unspecified atom stereocenters. The number of benzene rings is 1. The summed E-state index contributed by atoms with van der Waals surface area (Å²) in [6, 6.07) is 4.35. The van der Waals surface area contributed by atoms with Crippen molar-refractivity contribution in [1.82, 2.24) is 20.0 Å². The summed E-state index contributed by atoms with van der Waals surface area (Å²) in [5.41, 5.74) is 1.19. The molecule has 2 heterocycles. The maximum Gasteiger partial charge on any atom is 0.329 e. The van der Waals surface area contributed by atoms with E-state index >= 15 is 0 Å². The van der Waals surface area contributed by atoms with Crippen molar-refractivity contribution in [2.75, 3.05) is 6.54 Å². The third-order valence-corrected chi connectivity index (χ3v) is 4.96. The van der Waals surface area contributed by atoms with Crippen molar-refractivity contribution in [2.45, 2.75) is 26.7 Å². The van der Waals surface area contributed by atoms with Crippen LogP contribution in [-0.2, 0) is 11.2 Å². The summed E-state index contributed by atoms with van der Waals surface area (Å²) in [6.45, 7) is 4.08. The lowest BCUT2D eigenvalue weighted by Crippen LogP contribution is -2.31. The van der Waals surface area contributed by atoms with E-state index in [0.29, 0.717) is 46.4 Å². The number of aromatic amines is 1. The van der Waals surface area contributed by atoms with Gasteiger partial charge in [0.1, 0.15) is 5.70 Å².